The quantitative estimate of drug-likeness (QED) is 0.392. The molecule has 0 radical (unpaired) electrons. The summed E-state index contributed by atoms with van der Waals surface area (Å²) in [5.74, 6) is -0.363. The molecule has 0 aliphatic heterocycles. The first-order valence-electron chi connectivity index (χ1n) is 10.9. The first-order valence-corrected chi connectivity index (χ1v) is 10.9. The van der Waals surface area contributed by atoms with E-state index in [2.05, 4.69) is 10.6 Å². The van der Waals surface area contributed by atoms with Gasteiger partial charge < -0.3 is 10.6 Å². The number of carbonyl (C=O) groups excluding carboxylic acids is 2. The maximum Gasteiger partial charge on any atom is 0.263 e. The number of rotatable bonds is 5. The van der Waals surface area contributed by atoms with E-state index >= 15 is 0 Å². The number of anilines is 1. The largest absolute Gasteiger partial charge is 0.360 e. The Morgan fingerprint density at radius 2 is 1.59 bits per heavy atom. The van der Waals surface area contributed by atoms with Crippen LogP contribution in [0.25, 0.3) is 0 Å². The smallest absolute Gasteiger partial charge is 0.263 e. The predicted molar refractivity (Wildman–Crippen MR) is 116 cm³/mol. The molecular formula is C24H33N3O2. The van der Waals surface area contributed by atoms with E-state index in [9.17, 15) is 14.9 Å². The van der Waals surface area contributed by atoms with Crippen LogP contribution in [0.2, 0.25) is 0 Å². The predicted octanol–water partition coefficient (Wildman–Crippen LogP) is 5.50. The molecule has 5 heteroatoms. The lowest BCUT2D eigenvalue weighted by Gasteiger charge is -2.19. The highest BCUT2D eigenvalue weighted by molar-refractivity contribution is 5.98. The topological polar surface area (TPSA) is 82.0 Å². The summed E-state index contributed by atoms with van der Waals surface area (Å²) in [5, 5.41) is 15.5. The Balaban J connectivity index is 1.95. The highest BCUT2D eigenvalue weighted by atomic mass is 16.1. The number of carbonyl (C=O) groups is 2. The van der Waals surface area contributed by atoms with Crippen molar-refractivity contribution in [1.29, 1.82) is 5.26 Å². The molecule has 0 atom stereocenters. The maximum absolute atomic E-state index is 12.6. The molecule has 1 aromatic carbocycles. The van der Waals surface area contributed by atoms with Gasteiger partial charge in [-0.25, -0.2) is 0 Å². The second kappa shape index (κ2) is 12.8. The molecule has 2 rings (SSSR count). The van der Waals surface area contributed by atoms with Crippen LogP contribution in [0, 0.1) is 11.3 Å². The van der Waals surface area contributed by atoms with Crippen LogP contribution in [-0.4, -0.2) is 17.7 Å². The summed E-state index contributed by atoms with van der Waals surface area (Å²) < 4.78 is 0. The minimum Gasteiger partial charge on any atom is -0.360 e. The van der Waals surface area contributed by atoms with Crippen LogP contribution < -0.4 is 10.6 Å². The fourth-order valence-electron chi connectivity index (χ4n) is 3.70. The van der Waals surface area contributed by atoms with Crippen LogP contribution in [0.3, 0.4) is 0 Å². The molecule has 1 aliphatic carbocycles. The van der Waals surface area contributed by atoms with Crippen molar-refractivity contribution < 1.29 is 9.59 Å². The van der Waals surface area contributed by atoms with Gasteiger partial charge >= 0.3 is 0 Å². The normalized spacial score (nSPS) is 17.3. The molecule has 0 heterocycles. The van der Waals surface area contributed by atoms with Gasteiger partial charge in [0.1, 0.15) is 11.6 Å². The zero-order valence-electron chi connectivity index (χ0n) is 17.5. The van der Waals surface area contributed by atoms with Crippen molar-refractivity contribution in [3.63, 3.8) is 0 Å². The zero-order chi connectivity index (χ0) is 20.9. The van der Waals surface area contributed by atoms with Crippen LogP contribution in [0.15, 0.2) is 36.0 Å². The van der Waals surface area contributed by atoms with Gasteiger partial charge in [0.05, 0.1) is 0 Å². The van der Waals surface area contributed by atoms with E-state index in [0.717, 1.165) is 25.7 Å². The van der Waals surface area contributed by atoms with Gasteiger partial charge in [0.15, 0.2) is 5.78 Å². The van der Waals surface area contributed by atoms with Crippen molar-refractivity contribution in [3.05, 3.63) is 41.6 Å². The van der Waals surface area contributed by atoms with Crippen LogP contribution in [-0.2, 0) is 4.79 Å². The second-order valence-electron chi connectivity index (χ2n) is 7.88. The zero-order valence-corrected chi connectivity index (χ0v) is 17.5. The average molecular weight is 396 g/mol. The Morgan fingerprint density at radius 3 is 2.14 bits per heavy atom. The van der Waals surface area contributed by atoms with Gasteiger partial charge in [0.25, 0.3) is 5.91 Å². The highest BCUT2D eigenvalue weighted by Gasteiger charge is 2.16. The third kappa shape index (κ3) is 8.51. The molecule has 156 valence electrons. The van der Waals surface area contributed by atoms with Gasteiger partial charge in [-0.1, -0.05) is 69.9 Å². The Kier molecular flexibility index (Phi) is 9.99. The third-order valence-electron chi connectivity index (χ3n) is 5.46. The molecule has 1 amide bonds. The first kappa shape index (κ1) is 22.7. The van der Waals surface area contributed by atoms with Crippen LogP contribution in [0.1, 0.15) is 87.9 Å². The van der Waals surface area contributed by atoms with E-state index in [1.165, 1.54) is 58.1 Å². The number of nitriles is 1. The molecule has 1 fully saturated rings. The van der Waals surface area contributed by atoms with Crippen molar-refractivity contribution in [1.82, 2.24) is 5.32 Å². The Hall–Kier alpha value is -2.61. The average Bonchev–Trinajstić information content (AvgIpc) is 2.70. The number of ketones is 1. The Bertz CT molecular complexity index is 737. The van der Waals surface area contributed by atoms with E-state index < -0.39 is 0 Å². The standard InChI is InChI=1S/C24H33N3O2/c1-19(28)20-12-11-15-23(16-20)26-18-21(17-25)24(29)27-22-13-9-7-5-3-2-4-6-8-10-14-22/h11-12,15-16,18,22,26H,2-10,13-14H2,1H3,(H,27,29)/b21-18-. The van der Waals surface area contributed by atoms with Crippen molar-refractivity contribution in [3.8, 4) is 6.07 Å². The van der Waals surface area contributed by atoms with E-state index in [-0.39, 0.29) is 23.3 Å². The molecule has 0 saturated heterocycles. The number of nitrogens with zero attached hydrogens (tertiary/aromatic N) is 1. The van der Waals surface area contributed by atoms with Gasteiger partial charge in [-0.05, 0) is 31.9 Å². The van der Waals surface area contributed by atoms with Gasteiger partial charge in [-0.3, -0.25) is 9.59 Å². The molecule has 1 saturated carbocycles. The number of benzene rings is 1. The summed E-state index contributed by atoms with van der Waals surface area (Å²) in [7, 11) is 0. The van der Waals surface area contributed by atoms with Crippen molar-refractivity contribution in [2.24, 2.45) is 0 Å². The lowest BCUT2D eigenvalue weighted by Crippen LogP contribution is -2.35. The SMILES string of the molecule is CC(=O)c1cccc(N/C=C(/C#N)C(=O)NC2CCCCCCCCCCC2)c1. The molecule has 0 unspecified atom stereocenters. The van der Waals surface area contributed by atoms with Crippen molar-refractivity contribution in [2.45, 2.75) is 83.6 Å². The van der Waals surface area contributed by atoms with E-state index in [0.29, 0.717) is 11.3 Å². The number of hydrogen-bond donors (Lipinski definition) is 2. The van der Waals surface area contributed by atoms with Gasteiger partial charge in [-0.2, -0.15) is 5.26 Å². The summed E-state index contributed by atoms with van der Waals surface area (Å²) in [6.07, 6.45) is 14.5. The molecule has 0 spiro atoms. The highest BCUT2D eigenvalue weighted by Crippen LogP contribution is 2.17. The fraction of sp³-hybridized carbons (Fsp3) is 0.542. The molecule has 0 bridgehead atoms. The third-order valence-corrected chi connectivity index (χ3v) is 5.46. The Labute approximate surface area is 174 Å². The molecule has 2 N–H and O–H groups in total. The van der Waals surface area contributed by atoms with Crippen molar-refractivity contribution >= 4 is 17.4 Å². The monoisotopic (exact) mass is 395 g/mol. The molecule has 29 heavy (non-hydrogen) atoms. The fourth-order valence-corrected chi connectivity index (χ4v) is 3.70. The lowest BCUT2D eigenvalue weighted by molar-refractivity contribution is -0.117. The van der Waals surface area contributed by atoms with Crippen LogP contribution >= 0.6 is 0 Å². The summed E-state index contributed by atoms with van der Waals surface area (Å²) >= 11 is 0. The maximum atomic E-state index is 12.6. The first-order chi connectivity index (χ1) is 14.1. The second-order valence-corrected chi connectivity index (χ2v) is 7.88. The number of nitrogens with one attached hydrogen (secondary N) is 2. The van der Waals surface area contributed by atoms with E-state index in [4.69, 9.17) is 0 Å². The van der Waals surface area contributed by atoms with Gasteiger partial charge in [0.2, 0.25) is 0 Å². The minimum atomic E-state index is -0.334. The minimum absolute atomic E-state index is 0.0293. The molecule has 0 aromatic heterocycles. The lowest BCUT2D eigenvalue weighted by atomic mass is 9.98. The molecular weight excluding hydrogens is 362 g/mol. The summed E-state index contributed by atoms with van der Waals surface area (Å²) in [6, 6.07) is 9.12. The van der Waals surface area contributed by atoms with Gasteiger partial charge in [-0.15, -0.1) is 0 Å². The van der Waals surface area contributed by atoms with E-state index in [1.807, 2.05) is 6.07 Å². The molecule has 1 aliphatic rings. The van der Waals surface area contributed by atoms with Crippen LogP contribution in [0.4, 0.5) is 5.69 Å². The molecule has 1 aromatic rings. The summed E-state index contributed by atoms with van der Waals surface area (Å²) in [5.41, 5.74) is 1.30. The summed E-state index contributed by atoms with van der Waals surface area (Å²) in [4.78, 5) is 24.1. The summed E-state index contributed by atoms with van der Waals surface area (Å²) in [6.45, 7) is 1.51. The number of amides is 1. The van der Waals surface area contributed by atoms with Crippen molar-refractivity contribution in [2.75, 3.05) is 5.32 Å². The number of Topliss-reactive ketones (excluding diaryl/α,β-unsaturated/α-hetero) is 1. The van der Waals surface area contributed by atoms with Crippen LogP contribution in [0.5, 0.6) is 0 Å². The number of hydrogen-bond acceptors (Lipinski definition) is 4. The molecule has 5 nitrogen and oxygen atoms in total. The van der Waals surface area contributed by atoms with E-state index in [1.54, 1.807) is 24.3 Å². The Morgan fingerprint density at radius 1 is 1.00 bits per heavy atom. The van der Waals surface area contributed by atoms with Gasteiger partial charge in [0, 0.05) is 23.5 Å².